The van der Waals surface area contributed by atoms with Gasteiger partial charge in [0.2, 0.25) is 5.90 Å². The highest BCUT2D eigenvalue weighted by Gasteiger charge is 2.37. The van der Waals surface area contributed by atoms with Gasteiger partial charge >= 0.3 is 0 Å². The summed E-state index contributed by atoms with van der Waals surface area (Å²) in [5.41, 5.74) is 4.18. The second-order valence-electron chi connectivity index (χ2n) is 8.28. The summed E-state index contributed by atoms with van der Waals surface area (Å²) in [7, 11) is 0. The summed E-state index contributed by atoms with van der Waals surface area (Å²) in [6, 6.07) is 20.1. The van der Waals surface area contributed by atoms with Crippen molar-refractivity contribution in [3.8, 4) is 5.75 Å². The lowest BCUT2D eigenvalue weighted by molar-refractivity contribution is -0.112. The maximum atomic E-state index is 13.4. The number of carbonyl (C=O) groups excluding carboxylic acids is 1. The number of benzene rings is 3. The van der Waals surface area contributed by atoms with Crippen molar-refractivity contribution in [3.63, 3.8) is 0 Å². The minimum absolute atomic E-state index is 0.127. The maximum Gasteiger partial charge on any atom is 0.261 e. The van der Waals surface area contributed by atoms with Gasteiger partial charge < -0.3 is 10.1 Å². The van der Waals surface area contributed by atoms with Crippen LogP contribution < -0.4 is 10.1 Å². The third-order valence-electron chi connectivity index (χ3n) is 6.47. The van der Waals surface area contributed by atoms with Crippen LogP contribution in [0.15, 0.2) is 71.2 Å². The van der Waals surface area contributed by atoms with Gasteiger partial charge in [-0.1, -0.05) is 67.8 Å². The lowest BCUT2D eigenvalue weighted by Crippen LogP contribution is -2.29. The van der Waals surface area contributed by atoms with Gasteiger partial charge in [-0.3, -0.25) is 4.79 Å². The fourth-order valence-electron chi connectivity index (χ4n) is 5.05. The monoisotopic (exact) mass is 394 g/mol. The van der Waals surface area contributed by atoms with E-state index in [0.29, 0.717) is 17.4 Å². The van der Waals surface area contributed by atoms with E-state index in [2.05, 4.69) is 29.6 Å². The first-order valence-electron chi connectivity index (χ1n) is 10.7. The molecule has 0 atom stereocenters. The second kappa shape index (κ2) is 6.84. The molecule has 148 valence electrons. The standard InChI is InChI=1S/C26H22N2O2/c29-25-23-22(17-9-2-1-3-10-17)19-15-14-16-8-4-5-11-18(16)24(19)30-26(23)28-21-13-7-6-12-20(21)27-25/h4-8,11-15,17H,1-3,9-10H2,(H,27,29). The number of carbonyl (C=O) groups is 1. The number of nitrogens with one attached hydrogen (secondary N) is 1. The Morgan fingerprint density at radius 2 is 1.70 bits per heavy atom. The summed E-state index contributed by atoms with van der Waals surface area (Å²) in [5.74, 6) is 1.46. The van der Waals surface area contributed by atoms with Crippen LogP contribution >= 0.6 is 0 Å². The first-order chi connectivity index (χ1) is 14.8. The van der Waals surface area contributed by atoms with Crippen LogP contribution in [0.1, 0.15) is 37.7 Å². The molecular formula is C26H22N2O2. The molecule has 1 aliphatic carbocycles. The molecule has 0 radical (unpaired) electrons. The van der Waals surface area contributed by atoms with E-state index in [9.17, 15) is 4.79 Å². The number of nitrogens with zero attached hydrogens (tertiary/aromatic N) is 1. The molecule has 3 aromatic rings. The highest BCUT2D eigenvalue weighted by atomic mass is 16.5. The van der Waals surface area contributed by atoms with Crippen molar-refractivity contribution in [2.75, 3.05) is 5.32 Å². The Balaban J connectivity index is 1.65. The smallest absolute Gasteiger partial charge is 0.261 e. The SMILES string of the molecule is O=C1Nc2ccccc2N=C2Oc3c(ccc4ccccc34)C(C3CCCCC3)=C12. The summed E-state index contributed by atoms with van der Waals surface area (Å²) >= 11 is 0. The van der Waals surface area contributed by atoms with Gasteiger partial charge in [0.1, 0.15) is 11.3 Å². The van der Waals surface area contributed by atoms with E-state index in [1.807, 2.05) is 36.4 Å². The van der Waals surface area contributed by atoms with Crippen molar-refractivity contribution >= 4 is 39.5 Å². The number of aliphatic imine (C=N–C) groups is 1. The van der Waals surface area contributed by atoms with Gasteiger partial charge in [-0.25, -0.2) is 4.99 Å². The predicted octanol–water partition coefficient (Wildman–Crippen LogP) is 6.25. The first kappa shape index (κ1) is 17.5. The highest BCUT2D eigenvalue weighted by molar-refractivity contribution is 6.31. The largest absolute Gasteiger partial charge is 0.437 e. The van der Waals surface area contributed by atoms with Crippen LogP contribution in [0, 0.1) is 5.92 Å². The Morgan fingerprint density at radius 1 is 0.900 bits per heavy atom. The molecule has 30 heavy (non-hydrogen) atoms. The molecule has 1 fully saturated rings. The summed E-state index contributed by atoms with van der Waals surface area (Å²) < 4.78 is 6.41. The van der Waals surface area contributed by atoms with E-state index < -0.39 is 0 Å². The van der Waals surface area contributed by atoms with Crippen LogP contribution in [0.2, 0.25) is 0 Å². The van der Waals surface area contributed by atoms with E-state index in [4.69, 9.17) is 9.73 Å². The average molecular weight is 394 g/mol. The minimum Gasteiger partial charge on any atom is -0.437 e. The van der Waals surface area contributed by atoms with E-state index in [1.54, 1.807) is 0 Å². The number of fused-ring (bicyclic) bond motifs is 5. The molecule has 1 N–H and O–H groups in total. The molecular weight excluding hydrogens is 372 g/mol. The summed E-state index contributed by atoms with van der Waals surface area (Å²) in [4.78, 5) is 18.2. The molecule has 0 saturated heterocycles. The molecule has 6 rings (SSSR count). The van der Waals surface area contributed by atoms with E-state index >= 15 is 0 Å². The highest BCUT2D eigenvalue weighted by Crippen LogP contribution is 2.47. The molecule has 0 unspecified atom stereocenters. The number of hydrogen-bond acceptors (Lipinski definition) is 3. The Hall–Kier alpha value is -3.40. The zero-order chi connectivity index (χ0) is 20.1. The lowest BCUT2D eigenvalue weighted by atomic mass is 9.77. The van der Waals surface area contributed by atoms with Gasteiger partial charge in [0.25, 0.3) is 5.91 Å². The first-order valence-corrected chi connectivity index (χ1v) is 10.7. The molecule has 0 spiro atoms. The zero-order valence-electron chi connectivity index (χ0n) is 16.7. The predicted molar refractivity (Wildman–Crippen MR) is 120 cm³/mol. The second-order valence-corrected chi connectivity index (χ2v) is 8.28. The van der Waals surface area contributed by atoms with E-state index in [0.717, 1.165) is 51.9 Å². The Kier molecular flexibility index (Phi) is 3.98. The molecule has 1 amide bonds. The average Bonchev–Trinajstić information content (AvgIpc) is 2.93. The third kappa shape index (κ3) is 2.67. The fourth-order valence-corrected chi connectivity index (χ4v) is 5.05. The number of para-hydroxylation sites is 2. The van der Waals surface area contributed by atoms with Gasteiger partial charge in [-0.2, -0.15) is 0 Å². The van der Waals surface area contributed by atoms with Gasteiger partial charge in [0, 0.05) is 10.9 Å². The number of allylic oxidation sites excluding steroid dienone is 1. The van der Waals surface area contributed by atoms with Gasteiger partial charge in [0.05, 0.1) is 11.4 Å². The molecule has 0 bridgehead atoms. The van der Waals surface area contributed by atoms with Crippen LogP contribution in [-0.2, 0) is 4.79 Å². The van der Waals surface area contributed by atoms with Crippen molar-refractivity contribution in [1.29, 1.82) is 0 Å². The molecule has 2 heterocycles. The normalized spacial score (nSPS) is 18.5. The lowest BCUT2D eigenvalue weighted by Gasteiger charge is -2.31. The molecule has 1 saturated carbocycles. The Bertz CT molecular complexity index is 1250. The van der Waals surface area contributed by atoms with Crippen molar-refractivity contribution in [2.24, 2.45) is 10.9 Å². The van der Waals surface area contributed by atoms with Gasteiger partial charge in [0.15, 0.2) is 0 Å². The molecule has 4 nitrogen and oxygen atoms in total. The zero-order valence-corrected chi connectivity index (χ0v) is 16.7. The van der Waals surface area contributed by atoms with Crippen LogP contribution in [0.4, 0.5) is 11.4 Å². The molecule has 0 aromatic heterocycles. The van der Waals surface area contributed by atoms with Crippen molar-refractivity contribution < 1.29 is 9.53 Å². The molecule has 2 aliphatic heterocycles. The van der Waals surface area contributed by atoms with Gasteiger partial charge in [-0.15, -0.1) is 0 Å². The van der Waals surface area contributed by atoms with Crippen molar-refractivity contribution in [1.82, 2.24) is 0 Å². The summed E-state index contributed by atoms with van der Waals surface area (Å²) in [6.45, 7) is 0. The quantitative estimate of drug-likeness (QED) is 0.530. The van der Waals surface area contributed by atoms with E-state index in [1.165, 1.54) is 19.3 Å². The Morgan fingerprint density at radius 3 is 2.60 bits per heavy atom. The number of amides is 1. The summed E-state index contributed by atoms with van der Waals surface area (Å²) in [5, 5.41) is 5.25. The van der Waals surface area contributed by atoms with Crippen molar-refractivity contribution in [2.45, 2.75) is 32.1 Å². The summed E-state index contributed by atoms with van der Waals surface area (Å²) in [6.07, 6.45) is 5.84. The number of anilines is 1. The topological polar surface area (TPSA) is 50.7 Å². The van der Waals surface area contributed by atoms with E-state index in [-0.39, 0.29) is 5.91 Å². The van der Waals surface area contributed by atoms with Crippen LogP contribution in [0.25, 0.3) is 16.3 Å². The maximum absolute atomic E-state index is 13.4. The molecule has 3 aromatic carbocycles. The number of hydrogen-bond donors (Lipinski definition) is 1. The van der Waals surface area contributed by atoms with Crippen LogP contribution in [0.5, 0.6) is 5.75 Å². The van der Waals surface area contributed by atoms with Crippen LogP contribution in [-0.4, -0.2) is 11.8 Å². The van der Waals surface area contributed by atoms with Gasteiger partial charge in [-0.05, 0) is 41.9 Å². The fraction of sp³-hybridized carbons (Fsp3) is 0.231. The minimum atomic E-state index is -0.127. The van der Waals surface area contributed by atoms with Crippen LogP contribution in [0.3, 0.4) is 0 Å². The third-order valence-corrected chi connectivity index (χ3v) is 6.47. The Labute approximate surface area is 175 Å². The molecule has 3 aliphatic rings. The molecule has 4 heteroatoms. The number of ether oxygens (including phenoxy) is 1. The van der Waals surface area contributed by atoms with Crippen molar-refractivity contribution in [3.05, 3.63) is 71.8 Å². The number of rotatable bonds is 1.